The molecule has 2 aromatic rings. The second-order valence-electron chi connectivity index (χ2n) is 3.21. The second kappa shape index (κ2) is 4.13. The van der Waals surface area contributed by atoms with Gasteiger partial charge in [0.2, 0.25) is 0 Å². The van der Waals surface area contributed by atoms with Crippen molar-refractivity contribution in [2.75, 3.05) is 0 Å². The molecular formula is C11H9ClN2S. The molecule has 0 aliphatic heterocycles. The summed E-state index contributed by atoms with van der Waals surface area (Å²) in [5.74, 6) is 0. The number of nitrogens with zero attached hydrogens (tertiary/aromatic N) is 1. The molecule has 0 amide bonds. The van der Waals surface area contributed by atoms with E-state index in [0.717, 1.165) is 21.8 Å². The van der Waals surface area contributed by atoms with Gasteiger partial charge < -0.3 is 4.98 Å². The largest absolute Gasteiger partial charge is 0.346 e. The number of benzene rings is 1. The van der Waals surface area contributed by atoms with E-state index in [2.05, 4.69) is 9.97 Å². The molecule has 1 aromatic carbocycles. The first-order valence-corrected chi connectivity index (χ1v) is 5.27. The second-order valence-corrected chi connectivity index (χ2v) is 4.04. The molecule has 1 heterocycles. The number of H-pyrrole nitrogens is 1. The molecule has 0 spiro atoms. The lowest BCUT2D eigenvalue weighted by Gasteiger charge is -2.05. The van der Waals surface area contributed by atoms with Gasteiger partial charge >= 0.3 is 0 Å². The minimum atomic E-state index is 0.624. The average molecular weight is 237 g/mol. The summed E-state index contributed by atoms with van der Waals surface area (Å²) in [5, 5.41) is 0.726. The van der Waals surface area contributed by atoms with Crippen LogP contribution in [0.5, 0.6) is 0 Å². The lowest BCUT2D eigenvalue weighted by Crippen LogP contribution is -1.91. The topological polar surface area (TPSA) is 28.7 Å². The van der Waals surface area contributed by atoms with Gasteiger partial charge in [0.1, 0.15) is 4.64 Å². The van der Waals surface area contributed by atoms with Crippen LogP contribution in [0.25, 0.3) is 11.3 Å². The quantitative estimate of drug-likeness (QED) is 0.764. The summed E-state index contributed by atoms with van der Waals surface area (Å²) >= 11 is 10.9. The van der Waals surface area contributed by atoms with Crippen molar-refractivity contribution >= 4 is 23.8 Å². The van der Waals surface area contributed by atoms with Crippen LogP contribution in [0.2, 0.25) is 5.02 Å². The first-order valence-electron chi connectivity index (χ1n) is 4.48. The molecule has 0 fully saturated rings. The molecule has 2 nitrogen and oxygen atoms in total. The molecular weight excluding hydrogens is 228 g/mol. The molecule has 0 unspecified atom stereocenters. The summed E-state index contributed by atoms with van der Waals surface area (Å²) in [6.45, 7) is 1.95. The maximum absolute atomic E-state index is 5.83. The zero-order valence-electron chi connectivity index (χ0n) is 8.12. The molecule has 0 saturated heterocycles. The van der Waals surface area contributed by atoms with E-state index < -0.39 is 0 Å². The SMILES string of the molecule is Cc1c(-c2ccc(Cl)cc2)[nH]cnc1=S. The predicted octanol–water partition coefficient (Wildman–Crippen LogP) is 3.77. The van der Waals surface area contributed by atoms with E-state index in [1.165, 1.54) is 0 Å². The van der Waals surface area contributed by atoms with Crippen molar-refractivity contribution in [3.05, 3.63) is 45.8 Å². The Morgan fingerprint density at radius 1 is 1.27 bits per heavy atom. The predicted molar refractivity (Wildman–Crippen MR) is 64.6 cm³/mol. The fourth-order valence-electron chi connectivity index (χ4n) is 1.38. The van der Waals surface area contributed by atoms with E-state index in [-0.39, 0.29) is 0 Å². The van der Waals surface area contributed by atoms with Crippen LogP contribution in [0, 0.1) is 11.6 Å². The molecule has 2 rings (SSSR count). The average Bonchev–Trinajstić information content (AvgIpc) is 2.24. The maximum Gasteiger partial charge on any atom is 0.132 e. The highest BCUT2D eigenvalue weighted by Gasteiger charge is 2.03. The maximum atomic E-state index is 5.83. The van der Waals surface area contributed by atoms with Crippen molar-refractivity contribution in [3.63, 3.8) is 0 Å². The van der Waals surface area contributed by atoms with Gasteiger partial charge in [-0.2, -0.15) is 0 Å². The Labute approximate surface area is 98.0 Å². The number of hydrogen-bond acceptors (Lipinski definition) is 2. The molecule has 1 aromatic heterocycles. The van der Waals surface area contributed by atoms with Crippen LogP contribution < -0.4 is 0 Å². The van der Waals surface area contributed by atoms with E-state index in [9.17, 15) is 0 Å². The Bertz CT molecular complexity index is 531. The third-order valence-corrected chi connectivity index (χ3v) is 2.88. The van der Waals surface area contributed by atoms with E-state index in [1.54, 1.807) is 6.33 Å². The summed E-state index contributed by atoms with van der Waals surface area (Å²) in [6, 6.07) is 7.62. The molecule has 0 atom stereocenters. The van der Waals surface area contributed by atoms with Crippen LogP contribution in [-0.2, 0) is 0 Å². The molecule has 0 bridgehead atoms. The molecule has 15 heavy (non-hydrogen) atoms. The van der Waals surface area contributed by atoms with Crippen LogP contribution in [0.15, 0.2) is 30.6 Å². The van der Waals surface area contributed by atoms with Crippen LogP contribution in [0.3, 0.4) is 0 Å². The minimum Gasteiger partial charge on any atom is -0.346 e. The Balaban J connectivity index is 2.59. The summed E-state index contributed by atoms with van der Waals surface area (Å²) in [4.78, 5) is 7.11. The first kappa shape index (κ1) is 10.3. The van der Waals surface area contributed by atoms with Crippen molar-refractivity contribution in [3.8, 4) is 11.3 Å². The van der Waals surface area contributed by atoms with Crippen LogP contribution in [-0.4, -0.2) is 9.97 Å². The van der Waals surface area contributed by atoms with Gasteiger partial charge in [-0.15, -0.1) is 0 Å². The molecule has 4 heteroatoms. The fourth-order valence-corrected chi connectivity index (χ4v) is 1.66. The van der Waals surface area contributed by atoms with Crippen molar-refractivity contribution in [2.45, 2.75) is 6.92 Å². The van der Waals surface area contributed by atoms with Crippen molar-refractivity contribution in [2.24, 2.45) is 0 Å². The normalized spacial score (nSPS) is 10.3. The van der Waals surface area contributed by atoms with Crippen molar-refractivity contribution in [1.82, 2.24) is 9.97 Å². The zero-order valence-corrected chi connectivity index (χ0v) is 9.69. The third kappa shape index (κ3) is 2.08. The van der Waals surface area contributed by atoms with Gasteiger partial charge in [-0.3, -0.25) is 0 Å². The third-order valence-electron chi connectivity index (χ3n) is 2.22. The molecule has 0 radical (unpaired) electrons. The molecule has 0 aliphatic rings. The zero-order chi connectivity index (χ0) is 10.8. The highest BCUT2D eigenvalue weighted by molar-refractivity contribution is 7.71. The molecule has 1 N–H and O–H groups in total. The number of aromatic nitrogens is 2. The molecule has 76 valence electrons. The Morgan fingerprint density at radius 2 is 1.93 bits per heavy atom. The number of nitrogens with one attached hydrogen (secondary N) is 1. The fraction of sp³-hybridized carbons (Fsp3) is 0.0909. The van der Waals surface area contributed by atoms with Crippen LogP contribution >= 0.6 is 23.8 Å². The number of hydrogen-bond donors (Lipinski definition) is 1. The highest BCUT2D eigenvalue weighted by Crippen LogP contribution is 2.22. The Hall–Kier alpha value is -1.19. The summed E-state index contributed by atoms with van der Waals surface area (Å²) in [6.07, 6.45) is 1.61. The van der Waals surface area contributed by atoms with Crippen LogP contribution in [0.4, 0.5) is 0 Å². The Kier molecular flexibility index (Phi) is 2.84. The smallest absolute Gasteiger partial charge is 0.132 e. The van der Waals surface area contributed by atoms with Crippen LogP contribution in [0.1, 0.15) is 5.56 Å². The number of rotatable bonds is 1. The van der Waals surface area contributed by atoms with Gasteiger partial charge in [0.05, 0.1) is 12.0 Å². The molecule has 0 saturated carbocycles. The Morgan fingerprint density at radius 3 is 2.60 bits per heavy atom. The van der Waals surface area contributed by atoms with Gasteiger partial charge in [0, 0.05) is 10.6 Å². The van der Waals surface area contributed by atoms with E-state index in [0.29, 0.717) is 4.64 Å². The van der Waals surface area contributed by atoms with Crippen molar-refractivity contribution < 1.29 is 0 Å². The van der Waals surface area contributed by atoms with Gasteiger partial charge in [-0.25, -0.2) is 4.98 Å². The summed E-state index contributed by atoms with van der Waals surface area (Å²) < 4.78 is 0.624. The van der Waals surface area contributed by atoms with E-state index >= 15 is 0 Å². The first-order chi connectivity index (χ1) is 7.18. The van der Waals surface area contributed by atoms with Gasteiger partial charge in [0.25, 0.3) is 0 Å². The van der Waals surface area contributed by atoms with E-state index in [1.807, 2.05) is 31.2 Å². The monoisotopic (exact) mass is 236 g/mol. The number of halogens is 1. The lowest BCUT2D eigenvalue weighted by atomic mass is 10.1. The molecule has 0 aliphatic carbocycles. The summed E-state index contributed by atoms with van der Waals surface area (Å²) in [5.41, 5.74) is 3.03. The highest BCUT2D eigenvalue weighted by atomic mass is 35.5. The summed E-state index contributed by atoms with van der Waals surface area (Å²) in [7, 11) is 0. The van der Waals surface area contributed by atoms with Gasteiger partial charge in [0.15, 0.2) is 0 Å². The van der Waals surface area contributed by atoms with E-state index in [4.69, 9.17) is 23.8 Å². The number of aromatic amines is 1. The minimum absolute atomic E-state index is 0.624. The lowest BCUT2D eigenvalue weighted by molar-refractivity contribution is 1.12. The standard InChI is InChI=1S/C11H9ClN2S/c1-7-10(13-6-14-11(7)15)8-2-4-9(12)5-3-8/h2-6H,1H3,(H,13,14,15). The van der Waals surface area contributed by atoms with Crippen molar-refractivity contribution in [1.29, 1.82) is 0 Å². The van der Waals surface area contributed by atoms with Gasteiger partial charge in [-0.05, 0) is 24.6 Å². The van der Waals surface area contributed by atoms with Gasteiger partial charge in [-0.1, -0.05) is 36.0 Å².